The van der Waals surface area contributed by atoms with Crippen LogP contribution >= 0.6 is 0 Å². The average Bonchev–Trinajstić information content (AvgIpc) is 2.58. The third-order valence-corrected chi connectivity index (χ3v) is 3.99. The van der Waals surface area contributed by atoms with Gasteiger partial charge in [-0.2, -0.15) is 0 Å². The molecule has 5 heteroatoms. The molecule has 1 atom stereocenters. The summed E-state index contributed by atoms with van der Waals surface area (Å²) in [5, 5.41) is 11.9. The highest BCUT2D eigenvalue weighted by Crippen LogP contribution is 2.12. The van der Waals surface area contributed by atoms with E-state index in [1.807, 2.05) is 62.4 Å². The van der Waals surface area contributed by atoms with Gasteiger partial charge in [-0.25, -0.2) is 4.79 Å². The smallest absolute Gasteiger partial charge is 0.326 e. The van der Waals surface area contributed by atoms with Crippen LogP contribution < -0.4 is 5.32 Å². The van der Waals surface area contributed by atoms with Crippen molar-refractivity contribution < 1.29 is 19.4 Å². The van der Waals surface area contributed by atoms with E-state index >= 15 is 0 Å². The summed E-state index contributed by atoms with van der Waals surface area (Å²) >= 11 is 0. The molecule has 0 unspecified atom stereocenters. The maximum absolute atomic E-state index is 12.0. The summed E-state index contributed by atoms with van der Waals surface area (Å²) < 4.78 is 5.34. The standard InChI is InChI=1S/C20H23NO4/c1-14-8-9-17(10-15(14)2)11-18(20(23)24)21-19(22)13-25-12-16-6-4-3-5-7-16/h3-10,18H,11-13H2,1-2H3,(H,21,22)(H,23,24)/t18-/m0/s1. The summed E-state index contributed by atoms with van der Waals surface area (Å²) in [6, 6.07) is 14.3. The molecule has 2 N–H and O–H groups in total. The van der Waals surface area contributed by atoms with Crippen molar-refractivity contribution in [3.05, 3.63) is 70.8 Å². The van der Waals surface area contributed by atoms with Crippen molar-refractivity contribution in [2.24, 2.45) is 0 Å². The second kappa shape index (κ2) is 8.99. The number of carbonyl (C=O) groups is 2. The van der Waals surface area contributed by atoms with E-state index in [9.17, 15) is 14.7 Å². The maximum Gasteiger partial charge on any atom is 0.326 e. The second-order valence-corrected chi connectivity index (χ2v) is 6.06. The maximum atomic E-state index is 12.0. The Kier molecular flexibility index (Phi) is 6.71. The van der Waals surface area contributed by atoms with Crippen molar-refractivity contribution in [2.75, 3.05) is 6.61 Å². The fraction of sp³-hybridized carbons (Fsp3) is 0.300. The van der Waals surface area contributed by atoms with Gasteiger partial charge in [-0.15, -0.1) is 0 Å². The SMILES string of the molecule is Cc1ccc(C[C@H](NC(=O)COCc2ccccc2)C(=O)O)cc1C. The van der Waals surface area contributed by atoms with Crippen LogP contribution in [0.4, 0.5) is 0 Å². The molecule has 25 heavy (non-hydrogen) atoms. The number of carboxylic acid groups (broad SMARTS) is 1. The van der Waals surface area contributed by atoms with Crippen LogP contribution in [-0.2, 0) is 27.4 Å². The molecule has 0 spiro atoms. The lowest BCUT2D eigenvalue weighted by atomic mass is 10.0. The number of amides is 1. The molecule has 0 bridgehead atoms. The van der Waals surface area contributed by atoms with Crippen LogP contribution in [0.3, 0.4) is 0 Å². The Hall–Kier alpha value is -2.66. The first kappa shape index (κ1) is 18.7. The lowest BCUT2D eigenvalue weighted by molar-refractivity contribution is -0.142. The molecule has 0 fully saturated rings. The number of rotatable bonds is 8. The van der Waals surface area contributed by atoms with E-state index in [1.165, 1.54) is 0 Å². The fourth-order valence-electron chi connectivity index (χ4n) is 2.44. The zero-order valence-electron chi connectivity index (χ0n) is 14.5. The van der Waals surface area contributed by atoms with Crippen LogP contribution in [0.15, 0.2) is 48.5 Å². The van der Waals surface area contributed by atoms with E-state index in [-0.39, 0.29) is 13.0 Å². The number of carboxylic acids is 1. The van der Waals surface area contributed by atoms with E-state index in [4.69, 9.17) is 4.74 Å². The molecule has 0 saturated heterocycles. The molecule has 0 aliphatic carbocycles. The van der Waals surface area contributed by atoms with Crippen molar-refractivity contribution in [1.29, 1.82) is 0 Å². The van der Waals surface area contributed by atoms with Gasteiger partial charge in [0, 0.05) is 6.42 Å². The minimum atomic E-state index is -1.06. The topological polar surface area (TPSA) is 75.6 Å². The molecule has 2 rings (SSSR count). The predicted molar refractivity (Wildman–Crippen MR) is 95.3 cm³/mol. The van der Waals surface area contributed by atoms with Crippen LogP contribution in [0.5, 0.6) is 0 Å². The third-order valence-electron chi connectivity index (χ3n) is 3.99. The molecular formula is C20H23NO4. The molecule has 2 aromatic carbocycles. The number of aliphatic carboxylic acids is 1. The van der Waals surface area contributed by atoms with Gasteiger partial charge in [0.15, 0.2) is 0 Å². The summed E-state index contributed by atoms with van der Waals surface area (Å²) in [6.45, 7) is 4.11. The molecule has 132 valence electrons. The largest absolute Gasteiger partial charge is 0.480 e. The predicted octanol–water partition coefficient (Wildman–Crippen LogP) is 2.63. The van der Waals surface area contributed by atoms with Gasteiger partial charge in [-0.3, -0.25) is 4.79 Å². The first-order valence-electron chi connectivity index (χ1n) is 8.15. The number of carbonyl (C=O) groups excluding carboxylic acids is 1. The van der Waals surface area contributed by atoms with Gasteiger partial charge in [0.25, 0.3) is 0 Å². The number of aryl methyl sites for hydroxylation is 2. The quantitative estimate of drug-likeness (QED) is 0.774. The molecule has 0 aliphatic rings. The molecule has 0 aliphatic heterocycles. The number of ether oxygens (including phenoxy) is 1. The summed E-state index contributed by atoms with van der Waals surface area (Å²) in [4.78, 5) is 23.4. The van der Waals surface area contributed by atoms with Gasteiger partial charge in [-0.1, -0.05) is 48.5 Å². The highest BCUT2D eigenvalue weighted by Gasteiger charge is 2.20. The molecule has 2 aromatic rings. The number of hydrogen-bond donors (Lipinski definition) is 2. The van der Waals surface area contributed by atoms with Gasteiger partial charge in [0.05, 0.1) is 6.61 Å². The molecule has 0 radical (unpaired) electrons. The van der Waals surface area contributed by atoms with Crippen molar-refractivity contribution in [3.8, 4) is 0 Å². The number of benzene rings is 2. The Morgan fingerprint density at radius 2 is 1.76 bits per heavy atom. The van der Waals surface area contributed by atoms with Gasteiger partial charge in [0.1, 0.15) is 12.6 Å². The summed E-state index contributed by atoms with van der Waals surface area (Å²) in [6.07, 6.45) is 0.237. The average molecular weight is 341 g/mol. The zero-order chi connectivity index (χ0) is 18.2. The molecule has 0 aromatic heterocycles. The van der Waals surface area contributed by atoms with Crippen LogP contribution in [0, 0.1) is 13.8 Å². The number of nitrogens with one attached hydrogen (secondary N) is 1. The fourth-order valence-corrected chi connectivity index (χ4v) is 2.44. The number of hydrogen-bond acceptors (Lipinski definition) is 3. The minimum Gasteiger partial charge on any atom is -0.480 e. The van der Waals surface area contributed by atoms with Crippen molar-refractivity contribution in [3.63, 3.8) is 0 Å². The van der Waals surface area contributed by atoms with Gasteiger partial charge < -0.3 is 15.2 Å². The highest BCUT2D eigenvalue weighted by atomic mass is 16.5. The highest BCUT2D eigenvalue weighted by molar-refractivity contribution is 5.84. The zero-order valence-corrected chi connectivity index (χ0v) is 14.5. The molecule has 1 amide bonds. The lowest BCUT2D eigenvalue weighted by Crippen LogP contribution is -2.43. The van der Waals surface area contributed by atoms with E-state index < -0.39 is 17.9 Å². The molecule has 0 saturated carbocycles. The lowest BCUT2D eigenvalue weighted by Gasteiger charge is -2.15. The van der Waals surface area contributed by atoms with E-state index in [0.717, 1.165) is 22.3 Å². The Balaban J connectivity index is 1.86. The Morgan fingerprint density at radius 1 is 1.04 bits per heavy atom. The minimum absolute atomic E-state index is 0.175. The molecular weight excluding hydrogens is 318 g/mol. The normalized spacial score (nSPS) is 11.8. The second-order valence-electron chi connectivity index (χ2n) is 6.06. The monoisotopic (exact) mass is 341 g/mol. The molecule has 5 nitrogen and oxygen atoms in total. The first-order chi connectivity index (χ1) is 12.0. The van der Waals surface area contributed by atoms with Crippen LogP contribution in [-0.4, -0.2) is 29.6 Å². The van der Waals surface area contributed by atoms with Crippen LogP contribution in [0.25, 0.3) is 0 Å². The van der Waals surface area contributed by atoms with Crippen LogP contribution in [0.1, 0.15) is 22.3 Å². The van der Waals surface area contributed by atoms with Crippen molar-refractivity contribution in [1.82, 2.24) is 5.32 Å². The van der Waals surface area contributed by atoms with Crippen LogP contribution in [0.2, 0.25) is 0 Å². The van der Waals surface area contributed by atoms with E-state index in [0.29, 0.717) is 6.61 Å². The van der Waals surface area contributed by atoms with E-state index in [2.05, 4.69) is 5.32 Å². The Bertz CT molecular complexity index is 728. The van der Waals surface area contributed by atoms with Crippen molar-refractivity contribution >= 4 is 11.9 Å². The third kappa shape index (κ3) is 6.04. The summed E-state index contributed by atoms with van der Waals surface area (Å²) in [5.41, 5.74) is 4.08. The Labute approximate surface area is 147 Å². The Morgan fingerprint density at radius 3 is 2.40 bits per heavy atom. The van der Waals surface area contributed by atoms with E-state index in [1.54, 1.807) is 0 Å². The summed E-state index contributed by atoms with van der Waals surface area (Å²) in [5.74, 6) is -1.50. The van der Waals surface area contributed by atoms with Gasteiger partial charge >= 0.3 is 5.97 Å². The van der Waals surface area contributed by atoms with Gasteiger partial charge in [0.2, 0.25) is 5.91 Å². The first-order valence-corrected chi connectivity index (χ1v) is 8.15. The van der Waals surface area contributed by atoms with Crippen molar-refractivity contribution in [2.45, 2.75) is 32.9 Å². The van der Waals surface area contributed by atoms with Gasteiger partial charge in [-0.05, 0) is 36.1 Å². The molecule has 0 heterocycles. The summed E-state index contributed by atoms with van der Waals surface area (Å²) in [7, 11) is 0.